The first-order valence-corrected chi connectivity index (χ1v) is 2.46. The molecule has 0 unspecified atom stereocenters. The average Bonchev–Trinajstić information content (AvgIpc) is 1.63. The van der Waals surface area contributed by atoms with Gasteiger partial charge in [0.25, 0.3) is 0 Å². The number of hydrogen-bond acceptors (Lipinski definition) is 2. The van der Waals surface area contributed by atoms with E-state index >= 15 is 0 Å². The molecule has 7 heteroatoms. The van der Waals surface area contributed by atoms with Crippen LogP contribution in [0.1, 0.15) is 0 Å². The van der Waals surface area contributed by atoms with E-state index in [1.165, 1.54) is 0 Å². The van der Waals surface area contributed by atoms with Crippen LogP contribution in [0.3, 0.4) is 0 Å². The maximum atomic E-state index is 11.2. The number of aliphatic hydroxyl groups excluding tert-OH is 1. The topological polar surface area (TPSA) is 29.5 Å². The number of aliphatic hydroxyl groups is 1. The van der Waals surface area contributed by atoms with Crippen LogP contribution in [0.4, 0.5) is 12.9 Å². The Hall–Kier alpha value is 1.41. The molecule has 0 aliphatic rings. The molecule has 0 rings (SSSR count). The number of ether oxygens (including phenoxy) is 1. The standard InChI is InChI=1S/C3H7BF3O2.K/c5-4(6,7)3-9-2-1-8;/h8H,1-3H2;/q-1;+1. The molecule has 0 aromatic rings. The molecule has 0 aliphatic heterocycles. The average molecular weight is 182 g/mol. The van der Waals surface area contributed by atoms with E-state index in [1.54, 1.807) is 0 Å². The van der Waals surface area contributed by atoms with Crippen LogP contribution in [0.25, 0.3) is 0 Å². The van der Waals surface area contributed by atoms with Gasteiger partial charge in [-0.3, -0.25) is 0 Å². The van der Waals surface area contributed by atoms with Crippen LogP contribution in [-0.4, -0.2) is 31.8 Å². The van der Waals surface area contributed by atoms with Gasteiger partial charge in [-0.25, -0.2) is 0 Å². The van der Waals surface area contributed by atoms with Crippen LogP contribution in [0.15, 0.2) is 0 Å². The van der Waals surface area contributed by atoms with Gasteiger partial charge >= 0.3 is 58.4 Å². The summed E-state index contributed by atoms with van der Waals surface area (Å²) in [6.07, 6.45) is 0. The van der Waals surface area contributed by atoms with Crippen molar-refractivity contribution in [3.8, 4) is 0 Å². The molecule has 0 aromatic carbocycles. The molecular weight excluding hydrogens is 175 g/mol. The molecule has 0 fully saturated rings. The first-order valence-electron chi connectivity index (χ1n) is 2.46. The summed E-state index contributed by atoms with van der Waals surface area (Å²) in [5.74, 6) is 0. The maximum absolute atomic E-state index is 11.2. The molecule has 2 nitrogen and oxygen atoms in total. The van der Waals surface area contributed by atoms with Crippen molar-refractivity contribution in [2.45, 2.75) is 0 Å². The molecule has 0 radical (unpaired) electrons. The molecule has 0 heterocycles. The fraction of sp³-hybridized carbons (Fsp3) is 1.00. The second-order valence-electron chi connectivity index (χ2n) is 1.51. The van der Waals surface area contributed by atoms with Crippen molar-refractivity contribution in [2.24, 2.45) is 0 Å². The van der Waals surface area contributed by atoms with Crippen molar-refractivity contribution < 1.29 is 74.2 Å². The molecule has 0 amide bonds. The molecule has 0 aromatic heterocycles. The molecule has 0 spiro atoms. The van der Waals surface area contributed by atoms with Gasteiger partial charge in [0, 0.05) is 6.51 Å². The summed E-state index contributed by atoms with van der Waals surface area (Å²) in [5.41, 5.74) is 0. The van der Waals surface area contributed by atoms with Gasteiger partial charge in [-0.05, 0) is 0 Å². The van der Waals surface area contributed by atoms with E-state index in [4.69, 9.17) is 5.11 Å². The molecule has 0 atom stereocenters. The zero-order valence-corrected chi connectivity index (χ0v) is 8.81. The molecule has 56 valence electrons. The third kappa shape index (κ3) is 12.1. The Bertz CT molecular complexity index is 78.6. The Morgan fingerprint density at radius 3 is 2.10 bits per heavy atom. The second-order valence-corrected chi connectivity index (χ2v) is 1.51. The van der Waals surface area contributed by atoms with Gasteiger partial charge in [0.05, 0.1) is 13.2 Å². The third-order valence-electron chi connectivity index (χ3n) is 0.542. The zero-order chi connectivity index (χ0) is 7.33. The van der Waals surface area contributed by atoms with E-state index in [0.29, 0.717) is 0 Å². The Morgan fingerprint density at radius 2 is 1.80 bits per heavy atom. The third-order valence-corrected chi connectivity index (χ3v) is 0.542. The summed E-state index contributed by atoms with van der Waals surface area (Å²) in [5, 5.41) is 7.98. The van der Waals surface area contributed by atoms with Crippen molar-refractivity contribution in [1.82, 2.24) is 0 Å². The normalized spacial score (nSPS) is 10.8. The largest absolute Gasteiger partial charge is 1.00 e. The van der Waals surface area contributed by atoms with Crippen molar-refractivity contribution in [1.29, 1.82) is 0 Å². The molecule has 0 saturated heterocycles. The monoisotopic (exact) mass is 182 g/mol. The fourth-order valence-electron chi connectivity index (χ4n) is 0.282. The number of hydrogen-bond donors (Lipinski definition) is 1. The second kappa shape index (κ2) is 7.08. The van der Waals surface area contributed by atoms with Crippen LogP contribution in [-0.2, 0) is 4.74 Å². The molecular formula is C3H7BF3KO2. The predicted molar refractivity (Wildman–Crippen MR) is 27.0 cm³/mol. The van der Waals surface area contributed by atoms with Crippen LogP contribution in [0, 0.1) is 0 Å². The van der Waals surface area contributed by atoms with Crippen LogP contribution in [0.5, 0.6) is 0 Å². The maximum Gasteiger partial charge on any atom is 1.00 e. The van der Waals surface area contributed by atoms with Crippen molar-refractivity contribution in [3.63, 3.8) is 0 Å². The van der Waals surface area contributed by atoms with E-state index in [9.17, 15) is 12.9 Å². The van der Waals surface area contributed by atoms with Crippen molar-refractivity contribution in [2.75, 3.05) is 19.7 Å². The minimum Gasteiger partial charge on any atom is -0.447 e. The fourth-order valence-corrected chi connectivity index (χ4v) is 0.282. The van der Waals surface area contributed by atoms with E-state index in [1.807, 2.05) is 0 Å². The van der Waals surface area contributed by atoms with Crippen LogP contribution >= 0.6 is 0 Å². The van der Waals surface area contributed by atoms with E-state index in [0.717, 1.165) is 0 Å². The van der Waals surface area contributed by atoms with Gasteiger partial charge in [0.2, 0.25) is 0 Å². The van der Waals surface area contributed by atoms with Gasteiger partial charge in [-0.2, -0.15) is 0 Å². The Balaban J connectivity index is 0. The van der Waals surface area contributed by atoms with E-state index in [2.05, 4.69) is 4.74 Å². The van der Waals surface area contributed by atoms with Crippen LogP contribution in [0.2, 0.25) is 0 Å². The Morgan fingerprint density at radius 1 is 1.30 bits per heavy atom. The first kappa shape index (κ1) is 14.0. The summed E-state index contributed by atoms with van der Waals surface area (Å²) >= 11 is 0. The van der Waals surface area contributed by atoms with E-state index in [-0.39, 0.29) is 64.6 Å². The van der Waals surface area contributed by atoms with Gasteiger partial charge in [0.15, 0.2) is 0 Å². The number of halogens is 3. The first-order chi connectivity index (χ1) is 4.06. The molecule has 1 N–H and O–H groups in total. The Kier molecular flexibility index (Phi) is 9.89. The van der Waals surface area contributed by atoms with Gasteiger partial charge in [-0.15, -0.1) is 0 Å². The van der Waals surface area contributed by atoms with Gasteiger partial charge in [-0.1, -0.05) is 0 Å². The minimum absolute atomic E-state index is 0. The number of rotatable bonds is 4. The molecule has 0 aliphatic carbocycles. The Labute approximate surface area is 99.6 Å². The smallest absolute Gasteiger partial charge is 0.447 e. The summed E-state index contributed by atoms with van der Waals surface area (Å²) in [6, 6.07) is 0. The van der Waals surface area contributed by atoms with Crippen molar-refractivity contribution in [3.05, 3.63) is 0 Å². The summed E-state index contributed by atoms with van der Waals surface area (Å²) in [6.45, 7) is -6.68. The van der Waals surface area contributed by atoms with Crippen molar-refractivity contribution >= 4 is 6.98 Å². The molecule has 0 bridgehead atoms. The molecule has 10 heavy (non-hydrogen) atoms. The summed E-state index contributed by atoms with van der Waals surface area (Å²) in [7, 11) is 0. The van der Waals surface area contributed by atoms with Gasteiger partial charge < -0.3 is 22.8 Å². The van der Waals surface area contributed by atoms with Crippen LogP contribution < -0.4 is 51.4 Å². The minimum atomic E-state index is -4.84. The SMILES string of the molecule is OCCOC[B-](F)(F)F.[K+]. The van der Waals surface area contributed by atoms with Gasteiger partial charge in [0.1, 0.15) is 0 Å². The quantitative estimate of drug-likeness (QED) is 0.381. The summed E-state index contributed by atoms with van der Waals surface area (Å²) < 4.78 is 37.7. The predicted octanol–water partition coefficient (Wildman–Crippen LogP) is -2.61. The summed E-state index contributed by atoms with van der Waals surface area (Å²) in [4.78, 5) is 0. The molecule has 0 saturated carbocycles. The van der Waals surface area contributed by atoms with E-state index < -0.39 is 13.5 Å². The zero-order valence-electron chi connectivity index (χ0n) is 5.69.